The molecule has 0 bridgehead atoms. The molecule has 0 amide bonds. The maximum absolute atomic E-state index is 8.41. The van der Waals surface area contributed by atoms with Crippen LogP contribution in [0, 0.1) is 0 Å². The van der Waals surface area contributed by atoms with Crippen LogP contribution in [0.2, 0.25) is 0 Å². The van der Waals surface area contributed by atoms with Crippen LogP contribution in [0.25, 0.3) is 0 Å². The first-order valence-corrected chi connectivity index (χ1v) is 6.32. The fourth-order valence-corrected chi connectivity index (χ4v) is 2.28. The highest BCUT2D eigenvalue weighted by Gasteiger charge is 2.24. The number of hydrogen-bond acceptors (Lipinski definition) is 2. The molecule has 0 N–H and O–H groups in total. The molecule has 3 rings (SSSR count). The Balaban J connectivity index is 2.28. The van der Waals surface area contributed by atoms with Crippen LogP contribution in [0.15, 0.2) is 60.4 Å². The number of likely N-dealkylation sites (N-methyl/N-ethyl adjacent to an activating group) is 1. The Hall–Kier alpha value is -1.64. The van der Waals surface area contributed by atoms with E-state index in [1.807, 2.05) is 0 Å². The Morgan fingerprint density at radius 2 is 1.35 bits per heavy atom. The third-order valence-corrected chi connectivity index (χ3v) is 3.26. The van der Waals surface area contributed by atoms with E-state index >= 15 is 0 Å². The lowest BCUT2D eigenvalue weighted by Crippen LogP contribution is -2.46. The molecule has 1 aliphatic rings. The highest BCUT2D eigenvalue weighted by Crippen LogP contribution is 2.29. The molecule has 2 aromatic rings. The van der Waals surface area contributed by atoms with Gasteiger partial charge in [0, 0.05) is 30.3 Å². The van der Waals surface area contributed by atoms with Gasteiger partial charge in [0.2, 0.25) is 0 Å². The lowest BCUT2D eigenvalue weighted by Gasteiger charge is -2.38. The van der Waals surface area contributed by atoms with E-state index in [2.05, 4.69) is 0 Å². The molecule has 0 atom stereocenters. The summed E-state index contributed by atoms with van der Waals surface area (Å²) in [5.74, 6) is 0. The average Bonchev–Trinajstić information content (AvgIpc) is 2.77. The minimum absolute atomic E-state index is 0.0598. The van der Waals surface area contributed by atoms with Crippen molar-refractivity contribution in [2.24, 2.45) is 0 Å². The fraction of sp³-hybridized carbons (Fsp3) is 0.333. The first-order valence-electron chi connectivity index (χ1n) is 12.8. The Morgan fingerprint density at radius 1 is 0.850 bits per heavy atom. The summed E-state index contributed by atoms with van der Waals surface area (Å²) in [7, 11) is 0. The van der Waals surface area contributed by atoms with Crippen LogP contribution >= 0.6 is 0 Å². The van der Waals surface area contributed by atoms with Gasteiger partial charge in [-0.1, -0.05) is 60.4 Å². The molecule has 0 aliphatic carbocycles. The van der Waals surface area contributed by atoms with Gasteiger partial charge in [-0.15, -0.1) is 0 Å². The van der Waals surface area contributed by atoms with E-state index in [-0.39, 0.29) is 37.3 Å². The summed E-state index contributed by atoms with van der Waals surface area (Å²) in [6.07, 6.45) is 0. The summed E-state index contributed by atoms with van der Waals surface area (Å²) < 4.78 is 104. The second kappa shape index (κ2) is 6.21. The molecule has 0 unspecified atom stereocenters. The molecule has 2 nitrogen and oxygen atoms in total. The molecule has 2 aromatic carbocycles. The Kier molecular flexibility index (Phi) is 1.54. The maximum Gasteiger partial charge on any atom is 0.0626 e. The van der Waals surface area contributed by atoms with Crippen molar-refractivity contribution in [3.05, 3.63) is 71.6 Å². The van der Waals surface area contributed by atoms with Crippen molar-refractivity contribution >= 4 is 0 Å². The average molecular weight is 279 g/mol. The van der Waals surface area contributed by atoms with Gasteiger partial charge < -0.3 is 4.90 Å². The molecule has 0 aromatic heterocycles. The normalized spacial score (nSPS) is 27.4. The van der Waals surface area contributed by atoms with Crippen molar-refractivity contribution in [3.63, 3.8) is 0 Å². The van der Waals surface area contributed by atoms with E-state index in [1.54, 1.807) is 4.90 Å². The van der Waals surface area contributed by atoms with Crippen LogP contribution in [0.1, 0.15) is 35.0 Å². The molecular weight excluding hydrogens is 244 g/mol. The molecule has 1 saturated heterocycles. The molecule has 0 spiro atoms. The van der Waals surface area contributed by atoms with Crippen molar-refractivity contribution in [3.8, 4) is 0 Å². The SMILES string of the molecule is [2H]c1c([2H])c([2H])c(C(c2c([2H])c([2H])c([2H])c([2H])c2[2H])N2CCN(C([2H])([2H])[2H])CC2)c([2H])c1[2H]. The fourth-order valence-electron chi connectivity index (χ4n) is 2.28. The van der Waals surface area contributed by atoms with Crippen molar-refractivity contribution < 1.29 is 17.8 Å². The molecule has 104 valence electrons. The van der Waals surface area contributed by atoms with E-state index in [0.717, 1.165) is 0 Å². The summed E-state index contributed by atoms with van der Waals surface area (Å²) in [5.41, 5.74) is -0.441. The lowest BCUT2D eigenvalue weighted by molar-refractivity contribution is 0.127. The maximum atomic E-state index is 8.41. The third kappa shape index (κ3) is 2.92. The zero-order valence-corrected chi connectivity index (χ0v) is 10.8. The Morgan fingerprint density at radius 3 is 1.80 bits per heavy atom. The first-order chi connectivity index (χ1) is 15.2. The van der Waals surface area contributed by atoms with Gasteiger partial charge in [-0.3, -0.25) is 4.90 Å². The summed E-state index contributed by atoms with van der Waals surface area (Å²) in [6.45, 7) is -2.06. The topological polar surface area (TPSA) is 6.48 Å². The van der Waals surface area contributed by atoms with Gasteiger partial charge in [-0.2, -0.15) is 0 Å². The Bertz CT molecular complexity index is 963. The van der Waals surface area contributed by atoms with Crippen LogP contribution < -0.4 is 0 Å². The molecule has 2 heteroatoms. The van der Waals surface area contributed by atoms with Gasteiger partial charge in [0.1, 0.15) is 0 Å². The number of hydrogen-bond donors (Lipinski definition) is 0. The molecule has 0 radical (unpaired) electrons. The lowest BCUT2D eigenvalue weighted by atomic mass is 9.96. The zero-order valence-electron chi connectivity index (χ0n) is 23.8. The second-order valence-electron chi connectivity index (χ2n) is 4.50. The number of rotatable bonds is 3. The van der Waals surface area contributed by atoms with E-state index < -0.39 is 73.4 Å². The third-order valence-electron chi connectivity index (χ3n) is 3.26. The molecule has 20 heavy (non-hydrogen) atoms. The predicted molar refractivity (Wildman–Crippen MR) is 83.8 cm³/mol. The summed E-state index contributed by atoms with van der Waals surface area (Å²) >= 11 is 0. The molecule has 1 fully saturated rings. The van der Waals surface area contributed by atoms with Gasteiger partial charge in [0.15, 0.2) is 0 Å². The second-order valence-corrected chi connectivity index (χ2v) is 4.50. The highest BCUT2D eigenvalue weighted by atomic mass is 15.3. The molecule has 1 aliphatic heterocycles. The van der Waals surface area contributed by atoms with E-state index in [9.17, 15) is 0 Å². The largest absolute Gasteiger partial charge is 0.304 e. The van der Waals surface area contributed by atoms with Gasteiger partial charge >= 0.3 is 0 Å². The van der Waals surface area contributed by atoms with E-state index in [0.29, 0.717) is 0 Å². The summed E-state index contributed by atoms with van der Waals surface area (Å²) in [5, 5.41) is 0. The predicted octanol–water partition coefficient (Wildman–Crippen LogP) is 3.02. The van der Waals surface area contributed by atoms with Gasteiger partial charge in [-0.05, 0) is 18.1 Å². The minimum Gasteiger partial charge on any atom is -0.304 e. The van der Waals surface area contributed by atoms with Gasteiger partial charge in [0.25, 0.3) is 0 Å². The number of benzene rings is 2. The van der Waals surface area contributed by atoms with Crippen LogP contribution in [-0.2, 0) is 0 Å². The van der Waals surface area contributed by atoms with Crippen LogP contribution in [0.5, 0.6) is 0 Å². The smallest absolute Gasteiger partial charge is 0.0626 e. The van der Waals surface area contributed by atoms with Crippen molar-refractivity contribution in [1.82, 2.24) is 9.80 Å². The quantitative estimate of drug-likeness (QED) is 0.852. The number of nitrogens with zero attached hydrogens (tertiary/aromatic N) is 2. The number of piperazine rings is 1. The summed E-state index contributed by atoms with van der Waals surface area (Å²) in [4.78, 5) is 2.86. The highest BCUT2D eigenvalue weighted by molar-refractivity contribution is 5.31. The van der Waals surface area contributed by atoms with Crippen LogP contribution in [0.3, 0.4) is 0 Å². The summed E-state index contributed by atoms with van der Waals surface area (Å²) in [6, 6.07) is -7.10. The standard InChI is InChI=1S/C18H22N2/c1-19-12-14-20(15-13-19)18(16-8-4-2-5-9-16)17-10-6-3-7-11-17/h2-11,18H,12-15H2,1H3/i1D3,2D,3D,4D,5D,6D,7D,8D,9D,10D,11D. The molecule has 0 saturated carbocycles. The van der Waals surface area contributed by atoms with Crippen LogP contribution in [0.4, 0.5) is 0 Å². The van der Waals surface area contributed by atoms with Gasteiger partial charge in [0.05, 0.1) is 19.7 Å². The van der Waals surface area contributed by atoms with Crippen molar-refractivity contribution in [2.75, 3.05) is 33.2 Å². The minimum atomic E-state index is -2.34. The van der Waals surface area contributed by atoms with Crippen molar-refractivity contribution in [2.45, 2.75) is 6.04 Å². The van der Waals surface area contributed by atoms with E-state index in [1.165, 1.54) is 4.90 Å². The van der Waals surface area contributed by atoms with Gasteiger partial charge in [-0.25, -0.2) is 0 Å². The zero-order chi connectivity index (χ0) is 25.0. The van der Waals surface area contributed by atoms with Crippen LogP contribution in [-0.4, -0.2) is 43.0 Å². The monoisotopic (exact) mass is 279 g/mol. The molecular formula is C18H22N2. The molecule has 1 heterocycles. The van der Waals surface area contributed by atoms with Crippen molar-refractivity contribution in [1.29, 1.82) is 0 Å². The van der Waals surface area contributed by atoms with E-state index in [4.69, 9.17) is 17.8 Å². The first kappa shape index (κ1) is 4.97. The Labute approximate surface area is 139 Å².